The summed E-state index contributed by atoms with van der Waals surface area (Å²) in [5, 5.41) is 1.00. The Labute approximate surface area is 152 Å². The maximum Gasteiger partial charge on any atom is 0.243 e. The second kappa shape index (κ2) is 4.56. The molecule has 0 N–H and O–H groups in total. The number of aromatic nitrogens is 1. The van der Waals surface area contributed by atoms with Gasteiger partial charge in [0.2, 0.25) is 5.91 Å². The van der Waals surface area contributed by atoms with E-state index in [0.717, 1.165) is 33.4 Å². The summed E-state index contributed by atoms with van der Waals surface area (Å²) in [6.07, 6.45) is 0. The van der Waals surface area contributed by atoms with Crippen LogP contribution in [0.25, 0.3) is 22.2 Å². The van der Waals surface area contributed by atoms with E-state index in [1.54, 1.807) is 16.7 Å². The number of para-hydroxylation sites is 1. The maximum absolute atomic E-state index is 14.6. The lowest BCUT2D eigenvalue weighted by Gasteiger charge is -2.36. The molecule has 0 radical (unpaired) electrons. The number of anilines is 1. The zero-order chi connectivity index (χ0) is 18.4. The molecule has 3 heterocycles. The van der Waals surface area contributed by atoms with E-state index in [-0.39, 0.29) is 17.3 Å². The highest BCUT2D eigenvalue weighted by Gasteiger charge is 2.52. The molecule has 0 aliphatic carbocycles. The third-order valence-electron chi connectivity index (χ3n) is 5.87. The topological polar surface area (TPSA) is 25.2 Å². The van der Waals surface area contributed by atoms with E-state index in [1.807, 2.05) is 37.3 Å². The molecule has 2 aliphatic rings. The first kappa shape index (κ1) is 15.6. The molecule has 0 fully saturated rings. The van der Waals surface area contributed by atoms with Gasteiger partial charge in [0.25, 0.3) is 0 Å². The van der Waals surface area contributed by atoms with E-state index in [0.29, 0.717) is 6.54 Å². The second-order valence-corrected chi connectivity index (χ2v) is 8.67. The molecule has 4 heteroatoms. The van der Waals surface area contributed by atoms with Crippen LogP contribution in [0.1, 0.15) is 38.1 Å². The quantitative estimate of drug-likeness (QED) is 0.573. The van der Waals surface area contributed by atoms with E-state index in [9.17, 15) is 9.18 Å². The molecule has 1 unspecified atom stereocenters. The standard InChI is InChI=1S/C22H21FN2O/c1-21(2,3)24-12-22(4)19-15(10-14(23)11-18(19)24)17-9-13-7-5-6-8-16(13)25(17)20(22)26/h5-11H,12H2,1-4H3. The van der Waals surface area contributed by atoms with Gasteiger partial charge in [-0.15, -0.1) is 0 Å². The number of rotatable bonds is 0. The number of hydrogen-bond donors (Lipinski definition) is 0. The van der Waals surface area contributed by atoms with Crippen LogP contribution >= 0.6 is 0 Å². The maximum atomic E-state index is 14.6. The van der Waals surface area contributed by atoms with Crippen LogP contribution in [0.4, 0.5) is 10.1 Å². The molecule has 1 atom stereocenters. The molecular weight excluding hydrogens is 327 g/mol. The third kappa shape index (κ3) is 1.74. The predicted octanol–water partition coefficient (Wildman–Crippen LogP) is 4.98. The normalized spacial score (nSPS) is 21.3. The van der Waals surface area contributed by atoms with Crippen LogP contribution < -0.4 is 4.90 Å². The van der Waals surface area contributed by atoms with Crippen LogP contribution in [-0.4, -0.2) is 22.6 Å². The smallest absolute Gasteiger partial charge is 0.243 e. The van der Waals surface area contributed by atoms with Gasteiger partial charge in [-0.05, 0) is 52.0 Å². The van der Waals surface area contributed by atoms with Gasteiger partial charge >= 0.3 is 0 Å². The first-order chi connectivity index (χ1) is 12.2. The van der Waals surface area contributed by atoms with Gasteiger partial charge in [-0.3, -0.25) is 9.36 Å². The van der Waals surface area contributed by atoms with Gasteiger partial charge in [-0.1, -0.05) is 18.2 Å². The number of fused-ring (bicyclic) bond motifs is 4. The van der Waals surface area contributed by atoms with Crippen molar-refractivity contribution in [2.45, 2.75) is 38.6 Å². The molecule has 2 aliphatic heterocycles. The summed E-state index contributed by atoms with van der Waals surface area (Å²) >= 11 is 0. The van der Waals surface area contributed by atoms with Crippen molar-refractivity contribution in [3.05, 3.63) is 53.8 Å². The second-order valence-electron chi connectivity index (χ2n) is 8.67. The minimum atomic E-state index is -0.680. The summed E-state index contributed by atoms with van der Waals surface area (Å²) < 4.78 is 16.4. The Morgan fingerprint density at radius 2 is 1.85 bits per heavy atom. The van der Waals surface area contributed by atoms with Crippen molar-refractivity contribution in [3.63, 3.8) is 0 Å². The Kier molecular flexibility index (Phi) is 2.74. The van der Waals surface area contributed by atoms with E-state index in [1.165, 1.54) is 0 Å². The van der Waals surface area contributed by atoms with Crippen molar-refractivity contribution in [3.8, 4) is 11.3 Å². The zero-order valence-electron chi connectivity index (χ0n) is 15.4. The van der Waals surface area contributed by atoms with Crippen molar-refractivity contribution in [1.29, 1.82) is 0 Å². The van der Waals surface area contributed by atoms with Gasteiger partial charge in [-0.25, -0.2) is 4.39 Å². The Bertz CT molecular complexity index is 1110. The number of nitrogens with zero attached hydrogens (tertiary/aromatic N) is 2. The summed E-state index contributed by atoms with van der Waals surface area (Å²) in [6, 6.07) is 13.0. The first-order valence-electron chi connectivity index (χ1n) is 8.99. The lowest BCUT2D eigenvalue weighted by atomic mass is 9.77. The Morgan fingerprint density at radius 1 is 1.12 bits per heavy atom. The summed E-state index contributed by atoms with van der Waals surface area (Å²) in [7, 11) is 0. The van der Waals surface area contributed by atoms with E-state index < -0.39 is 5.41 Å². The summed E-state index contributed by atoms with van der Waals surface area (Å²) in [4.78, 5) is 15.8. The van der Waals surface area contributed by atoms with Crippen molar-refractivity contribution in [2.24, 2.45) is 0 Å². The molecule has 0 spiro atoms. The molecule has 3 aromatic rings. The van der Waals surface area contributed by atoms with Gasteiger partial charge < -0.3 is 4.90 Å². The lowest BCUT2D eigenvalue weighted by molar-refractivity contribution is 0.0820. The van der Waals surface area contributed by atoms with Crippen LogP contribution in [0.3, 0.4) is 0 Å². The number of benzene rings is 2. The van der Waals surface area contributed by atoms with E-state index in [4.69, 9.17) is 0 Å². The molecule has 0 amide bonds. The molecule has 5 rings (SSSR count). The van der Waals surface area contributed by atoms with Crippen molar-refractivity contribution in [1.82, 2.24) is 4.57 Å². The lowest BCUT2D eigenvalue weighted by Crippen LogP contribution is -2.48. The molecule has 2 aromatic carbocycles. The van der Waals surface area contributed by atoms with E-state index in [2.05, 4.69) is 25.7 Å². The number of halogens is 1. The van der Waals surface area contributed by atoms with Crippen LogP contribution in [0.5, 0.6) is 0 Å². The van der Waals surface area contributed by atoms with Crippen LogP contribution in [0.2, 0.25) is 0 Å². The van der Waals surface area contributed by atoms with Crippen LogP contribution in [-0.2, 0) is 5.41 Å². The first-order valence-corrected chi connectivity index (χ1v) is 8.99. The Morgan fingerprint density at radius 3 is 2.58 bits per heavy atom. The van der Waals surface area contributed by atoms with Crippen LogP contribution in [0.15, 0.2) is 42.5 Å². The molecule has 0 saturated heterocycles. The number of carbonyl (C=O) groups is 1. The predicted molar refractivity (Wildman–Crippen MR) is 102 cm³/mol. The molecule has 0 bridgehead atoms. The highest BCUT2D eigenvalue weighted by molar-refractivity contribution is 6.09. The summed E-state index contributed by atoms with van der Waals surface area (Å²) in [5.41, 5.74) is 3.46. The molecular formula is C22H21FN2O. The van der Waals surface area contributed by atoms with Gasteiger partial charge in [0.15, 0.2) is 0 Å². The Balaban J connectivity index is 1.91. The fourth-order valence-electron chi connectivity index (χ4n) is 4.66. The molecule has 132 valence electrons. The van der Waals surface area contributed by atoms with Gasteiger partial charge in [0, 0.05) is 34.3 Å². The highest BCUT2D eigenvalue weighted by atomic mass is 19.1. The minimum absolute atomic E-state index is 0.0702. The number of hydrogen-bond acceptors (Lipinski definition) is 2. The third-order valence-corrected chi connectivity index (χ3v) is 5.87. The molecule has 26 heavy (non-hydrogen) atoms. The van der Waals surface area contributed by atoms with Crippen LogP contribution in [0, 0.1) is 5.82 Å². The van der Waals surface area contributed by atoms with Crippen molar-refractivity contribution >= 4 is 22.5 Å². The highest BCUT2D eigenvalue weighted by Crippen LogP contribution is 2.53. The minimum Gasteiger partial charge on any atom is -0.365 e. The fourth-order valence-corrected chi connectivity index (χ4v) is 4.66. The largest absolute Gasteiger partial charge is 0.365 e. The summed E-state index contributed by atoms with van der Waals surface area (Å²) in [6.45, 7) is 8.87. The Hall–Kier alpha value is -2.62. The summed E-state index contributed by atoms with van der Waals surface area (Å²) in [5.74, 6) is -0.191. The van der Waals surface area contributed by atoms with Crippen molar-refractivity contribution in [2.75, 3.05) is 11.4 Å². The van der Waals surface area contributed by atoms with Gasteiger partial charge in [0.05, 0.1) is 16.6 Å². The monoisotopic (exact) mass is 348 g/mol. The molecule has 3 nitrogen and oxygen atoms in total. The van der Waals surface area contributed by atoms with E-state index >= 15 is 0 Å². The fraction of sp³-hybridized carbons (Fsp3) is 0.318. The molecule has 0 saturated carbocycles. The zero-order valence-corrected chi connectivity index (χ0v) is 15.4. The van der Waals surface area contributed by atoms with Crippen molar-refractivity contribution < 1.29 is 9.18 Å². The SMILES string of the molecule is CC12CN(C(C)(C)C)c3cc(F)cc(c31)-c1cc3ccccc3n1C2=O. The van der Waals surface area contributed by atoms with Gasteiger partial charge in [0.1, 0.15) is 5.82 Å². The van der Waals surface area contributed by atoms with Gasteiger partial charge in [-0.2, -0.15) is 0 Å². The average Bonchev–Trinajstić information content (AvgIpc) is 3.10. The molecule has 1 aromatic heterocycles. The average molecular weight is 348 g/mol. The number of carbonyl (C=O) groups excluding carboxylic acids is 1.